The molecule has 2 aromatic carbocycles. The Bertz CT molecular complexity index is 784. The van der Waals surface area contributed by atoms with Gasteiger partial charge < -0.3 is 15.4 Å². The summed E-state index contributed by atoms with van der Waals surface area (Å²) in [5.74, 6) is -1.64. The van der Waals surface area contributed by atoms with Crippen molar-refractivity contribution in [1.29, 1.82) is 0 Å². The maximum atomic E-state index is 13.7. The first-order valence-corrected chi connectivity index (χ1v) is 9.21. The van der Waals surface area contributed by atoms with Crippen LogP contribution in [0.3, 0.4) is 0 Å². The average molecular weight is 378 g/mol. The molecule has 1 fully saturated rings. The van der Waals surface area contributed by atoms with Crippen LogP contribution in [-0.2, 0) is 6.42 Å². The number of methoxy groups -OCH3 is 1. The number of rotatable bonds is 7. The minimum Gasteiger partial charge on any atom is -0.497 e. The van der Waals surface area contributed by atoms with Gasteiger partial charge in [-0.05, 0) is 67.6 Å². The van der Waals surface area contributed by atoms with E-state index in [1.54, 1.807) is 7.11 Å². The molecule has 2 N–H and O–H groups in total. The predicted octanol–water partition coefficient (Wildman–Crippen LogP) is 3.86. The molecule has 0 amide bonds. The molecule has 3 nitrogen and oxygen atoms in total. The van der Waals surface area contributed by atoms with Gasteiger partial charge >= 0.3 is 0 Å². The van der Waals surface area contributed by atoms with E-state index in [0.29, 0.717) is 18.4 Å². The summed E-state index contributed by atoms with van der Waals surface area (Å²) in [6.07, 6.45) is 1.93. The molecular formula is C21H25F3N2O. The molecule has 2 aromatic rings. The predicted molar refractivity (Wildman–Crippen MR) is 99.4 cm³/mol. The molecule has 0 spiro atoms. The number of hydrogen-bond donors (Lipinski definition) is 1. The maximum absolute atomic E-state index is 13.7. The maximum Gasteiger partial charge on any atom is 0.161 e. The number of benzene rings is 2. The zero-order valence-corrected chi connectivity index (χ0v) is 15.4. The smallest absolute Gasteiger partial charge is 0.161 e. The minimum atomic E-state index is -1.18. The van der Waals surface area contributed by atoms with Gasteiger partial charge in [0, 0.05) is 18.7 Å². The van der Waals surface area contributed by atoms with Gasteiger partial charge in [0.1, 0.15) is 11.6 Å². The van der Waals surface area contributed by atoms with Gasteiger partial charge in [-0.15, -0.1) is 0 Å². The van der Waals surface area contributed by atoms with Crippen LogP contribution in [0.5, 0.6) is 5.75 Å². The number of nitrogens with zero attached hydrogens (tertiary/aromatic N) is 1. The SMILES string of the molecule is COc1cccc(C2CCN(CC[C@H](N)Cc3cc(F)c(F)cc3F)C2)c1. The second-order valence-corrected chi connectivity index (χ2v) is 7.17. The summed E-state index contributed by atoms with van der Waals surface area (Å²) in [5, 5.41) is 0. The summed E-state index contributed by atoms with van der Waals surface area (Å²) in [6.45, 7) is 2.72. The largest absolute Gasteiger partial charge is 0.497 e. The quantitative estimate of drug-likeness (QED) is 0.744. The summed E-state index contributed by atoms with van der Waals surface area (Å²) in [4.78, 5) is 2.34. The second kappa shape index (κ2) is 8.76. The standard InChI is InChI=1S/C21H25F3N2O/c1-27-18-4-2-3-14(10-18)15-5-7-26(13-15)8-6-17(25)9-16-11-20(23)21(24)12-19(16)22/h2-4,10-12,15,17H,5-9,13,25H2,1H3/t15?,17-/m0/s1. The van der Waals surface area contributed by atoms with E-state index < -0.39 is 17.5 Å². The lowest BCUT2D eigenvalue weighted by molar-refractivity contribution is 0.316. The molecule has 0 aromatic heterocycles. The van der Waals surface area contributed by atoms with Crippen molar-refractivity contribution in [3.05, 3.63) is 65.0 Å². The Kier molecular flexibility index (Phi) is 6.39. The first kappa shape index (κ1) is 19.7. The fourth-order valence-corrected chi connectivity index (χ4v) is 3.66. The van der Waals surface area contributed by atoms with Crippen molar-refractivity contribution in [3.8, 4) is 5.75 Å². The average Bonchev–Trinajstić information content (AvgIpc) is 3.13. The van der Waals surface area contributed by atoms with Crippen molar-refractivity contribution in [2.75, 3.05) is 26.7 Å². The van der Waals surface area contributed by atoms with E-state index in [0.717, 1.165) is 37.9 Å². The lowest BCUT2D eigenvalue weighted by Gasteiger charge is -2.19. The van der Waals surface area contributed by atoms with Crippen LogP contribution in [0, 0.1) is 17.5 Å². The Morgan fingerprint density at radius 2 is 1.93 bits per heavy atom. The highest BCUT2D eigenvalue weighted by Crippen LogP contribution is 2.29. The highest BCUT2D eigenvalue weighted by atomic mass is 19.2. The first-order chi connectivity index (χ1) is 13.0. The monoisotopic (exact) mass is 378 g/mol. The molecule has 0 radical (unpaired) electrons. The molecule has 146 valence electrons. The molecule has 6 heteroatoms. The van der Waals surface area contributed by atoms with Crippen LogP contribution >= 0.6 is 0 Å². The van der Waals surface area contributed by atoms with Gasteiger partial charge in [-0.2, -0.15) is 0 Å². The van der Waals surface area contributed by atoms with Gasteiger partial charge in [0.2, 0.25) is 0 Å². The summed E-state index contributed by atoms with van der Waals surface area (Å²) >= 11 is 0. The Labute approximate surface area is 157 Å². The van der Waals surface area contributed by atoms with E-state index >= 15 is 0 Å². The van der Waals surface area contributed by atoms with E-state index in [1.165, 1.54) is 5.56 Å². The van der Waals surface area contributed by atoms with Crippen molar-refractivity contribution in [2.45, 2.75) is 31.2 Å². The summed E-state index contributed by atoms with van der Waals surface area (Å²) < 4.78 is 45.4. The van der Waals surface area contributed by atoms with E-state index in [2.05, 4.69) is 17.0 Å². The Balaban J connectivity index is 1.50. The van der Waals surface area contributed by atoms with Gasteiger partial charge in [-0.3, -0.25) is 0 Å². The van der Waals surface area contributed by atoms with Crippen molar-refractivity contribution in [3.63, 3.8) is 0 Å². The molecule has 27 heavy (non-hydrogen) atoms. The number of nitrogens with two attached hydrogens (primary N) is 1. The van der Waals surface area contributed by atoms with E-state index in [-0.39, 0.29) is 18.0 Å². The Morgan fingerprint density at radius 1 is 1.15 bits per heavy atom. The van der Waals surface area contributed by atoms with Crippen molar-refractivity contribution in [1.82, 2.24) is 4.90 Å². The van der Waals surface area contributed by atoms with Crippen LogP contribution in [0.4, 0.5) is 13.2 Å². The van der Waals surface area contributed by atoms with Crippen LogP contribution < -0.4 is 10.5 Å². The number of ether oxygens (including phenoxy) is 1. The van der Waals surface area contributed by atoms with E-state index in [9.17, 15) is 13.2 Å². The minimum absolute atomic E-state index is 0.122. The van der Waals surface area contributed by atoms with E-state index in [1.807, 2.05) is 12.1 Å². The molecular weight excluding hydrogens is 353 g/mol. The van der Waals surface area contributed by atoms with Crippen molar-refractivity contribution < 1.29 is 17.9 Å². The zero-order valence-electron chi connectivity index (χ0n) is 15.4. The molecule has 1 unspecified atom stereocenters. The molecule has 1 saturated heterocycles. The Morgan fingerprint density at radius 3 is 2.70 bits per heavy atom. The van der Waals surface area contributed by atoms with Crippen LogP contribution in [-0.4, -0.2) is 37.7 Å². The fraction of sp³-hybridized carbons (Fsp3) is 0.429. The molecule has 1 aliphatic rings. The van der Waals surface area contributed by atoms with Gasteiger partial charge in [-0.1, -0.05) is 12.1 Å². The summed E-state index contributed by atoms with van der Waals surface area (Å²) in [7, 11) is 1.66. The van der Waals surface area contributed by atoms with Gasteiger partial charge in [-0.25, -0.2) is 13.2 Å². The molecule has 1 aliphatic heterocycles. The summed E-state index contributed by atoms with van der Waals surface area (Å²) in [5.41, 5.74) is 7.49. The highest BCUT2D eigenvalue weighted by molar-refractivity contribution is 5.31. The third kappa shape index (κ3) is 5.02. The normalized spacial score (nSPS) is 18.6. The molecule has 1 heterocycles. The molecule has 0 aliphatic carbocycles. The van der Waals surface area contributed by atoms with Crippen LogP contribution in [0.25, 0.3) is 0 Å². The third-order valence-corrected chi connectivity index (χ3v) is 5.23. The van der Waals surface area contributed by atoms with Gasteiger partial charge in [0.15, 0.2) is 11.6 Å². The number of halogens is 3. The molecule has 0 bridgehead atoms. The Hall–Kier alpha value is -2.05. The van der Waals surface area contributed by atoms with Crippen LogP contribution in [0.2, 0.25) is 0 Å². The van der Waals surface area contributed by atoms with Gasteiger partial charge in [0.25, 0.3) is 0 Å². The number of likely N-dealkylation sites (tertiary alicyclic amines) is 1. The lowest BCUT2D eigenvalue weighted by Crippen LogP contribution is -2.31. The molecule has 3 rings (SSSR count). The third-order valence-electron chi connectivity index (χ3n) is 5.23. The lowest BCUT2D eigenvalue weighted by atomic mass is 9.98. The second-order valence-electron chi connectivity index (χ2n) is 7.17. The fourth-order valence-electron chi connectivity index (χ4n) is 3.66. The first-order valence-electron chi connectivity index (χ1n) is 9.21. The summed E-state index contributed by atoms with van der Waals surface area (Å²) in [6, 6.07) is 9.31. The van der Waals surface area contributed by atoms with Crippen molar-refractivity contribution in [2.24, 2.45) is 5.73 Å². The van der Waals surface area contributed by atoms with Crippen molar-refractivity contribution >= 4 is 0 Å². The van der Waals surface area contributed by atoms with E-state index in [4.69, 9.17) is 10.5 Å². The van der Waals surface area contributed by atoms with Gasteiger partial charge in [0.05, 0.1) is 7.11 Å². The highest BCUT2D eigenvalue weighted by Gasteiger charge is 2.24. The molecule has 2 atom stereocenters. The van der Waals surface area contributed by atoms with Crippen LogP contribution in [0.15, 0.2) is 36.4 Å². The number of hydrogen-bond acceptors (Lipinski definition) is 3. The van der Waals surface area contributed by atoms with Crippen LogP contribution in [0.1, 0.15) is 29.9 Å². The molecule has 0 saturated carbocycles. The zero-order chi connectivity index (χ0) is 19.4. The topological polar surface area (TPSA) is 38.5 Å².